The van der Waals surface area contributed by atoms with Gasteiger partial charge in [0.2, 0.25) is 0 Å². The number of rotatable bonds is 9. The number of benzene rings is 13. The topological polar surface area (TPSA) is 49.0 Å². The molecule has 444 valence electrons. The molecule has 0 unspecified atom stereocenters. The third kappa shape index (κ3) is 9.16. The largest absolute Gasteiger partial charge is 0.458 e. The molecule has 0 radical (unpaired) electrons. The molecule has 13 aromatic carbocycles. The van der Waals surface area contributed by atoms with Crippen LogP contribution in [0.5, 0.6) is 11.5 Å². The van der Waals surface area contributed by atoms with Crippen LogP contribution in [0.15, 0.2) is 314 Å². The maximum Gasteiger partial charge on any atom is 0.269 e. The van der Waals surface area contributed by atoms with Crippen molar-refractivity contribution in [1.29, 1.82) is 0 Å². The Balaban J connectivity index is 0.977. The first-order chi connectivity index (χ1) is 53.7. The Bertz CT molecular complexity index is 6850. The Kier molecular flexibility index (Phi) is 9.09. The second-order valence-electron chi connectivity index (χ2n) is 24.2. The Morgan fingerprint density at radius 3 is 1.81 bits per heavy atom. The highest BCUT2D eigenvalue weighted by molar-refractivity contribution is 6.11. The van der Waals surface area contributed by atoms with Crippen molar-refractivity contribution < 1.29 is 38.4 Å². The van der Waals surface area contributed by atoms with Crippen molar-refractivity contribution in [3.63, 3.8) is 0 Å². The summed E-state index contributed by atoms with van der Waals surface area (Å²) in [4.78, 5) is 4.91. The Morgan fingerprint density at radius 1 is 0.426 bits per heavy atom. The standard InChI is InChI=1S/C88H60N4O2/c1-88(2,3)64-44-45-89-84(52-64)92-79-38-17-15-31-71(79)72-42-41-67(54-80(72)92)93-66-29-19-28-65(53-66)90-55-91-86-69(59-40-43-83-77(49-59)73-32-16-18-39-82(73)94-83)35-21-37-76(86)75-36-20-34-68(58-26-11-6-12-27-58)85(75)74-33-14-13-30-70(74)78-50-63(51-81(90)87(78)91)62-47-60(56-22-7-4-8-23-56)46-61(48-62)57-24-9-5-10-25-57/h4-54H,1-3H3/i4D,5D,6D,7D,8D,9D,10D,11D,12D,22D,23D,24D,25D,26D,27D,46D,47D,48D. The van der Waals surface area contributed by atoms with Gasteiger partial charge in [0.15, 0.2) is 0 Å². The van der Waals surface area contributed by atoms with E-state index in [1.54, 1.807) is 34.9 Å². The molecular formula is C88H60N4O2. The van der Waals surface area contributed by atoms with Gasteiger partial charge in [-0.1, -0.05) is 227 Å². The van der Waals surface area contributed by atoms with Crippen molar-refractivity contribution in [2.75, 3.05) is 0 Å². The van der Waals surface area contributed by atoms with Gasteiger partial charge in [-0.15, -0.1) is 0 Å². The molecule has 5 heterocycles. The van der Waals surface area contributed by atoms with Gasteiger partial charge in [0.25, 0.3) is 6.33 Å². The van der Waals surface area contributed by atoms with Gasteiger partial charge in [-0.05, 0) is 191 Å². The van der Waals surface area contributed by atoms with Gasteiger partial charge in [0.1, 0.15) is 28.5 Å². The van der Waals surface area contributed by atoms with E-state index in [0.717, 1.165) is 49.5 Å². The summed E-state index contributed by atoms with van der Waals surface area (Å²) in [6.45, 7) is 6.47. The molecular weight excluding hydrogens is 1140 g/mol. The van der Waals surface area contributed by atoms with E-state index in [4.69, 9.17) is 26.5 Å². The van der Waals surface area contributed by atoms with E-state index in [1.165, 1.54) is 0 Å². The number of nitrogens with zero attached hydrogens (tertiary/aromatic N) is 4. The van der Waals surface area contributed by atoms with Gasteiger partial charge in [-0.3, -0.25) is 13.7 Å². The SMILES string of the molecule is [2H]c1c([2H])c([2H])c(-c2cccc3c2-c2ccccc2-c2cc(-c4c([2H])c(-c5c([2H])c([2H])c([2H])c([2H])c5[2H])c([2H])c(-c5c([2H])c([2H])c([2H])c([2H])c5[2H])c4[2H])cc4c2[n+]([c-]n4-c2cccc(Oc4ccc5c6ccccc6n(-c6cc(C(C)(C)C)ccn6)c5c4)c2)-c2c(-c4ccc5oc6ccccc6c5c4)cccc2-3)c([2H])c1[2H]. The van der Waals surface area contributed by atoms with Gasteiger partial charge < -0.3 is 9.15 Å². The van der Waals surface area contributed by atoms with Gasteiger partial charge in [0, 0.05) is 33.8 Å². The minimum Gasteiger partial charge on any atom is -0.458 e. The van der Waals surface area contributed by atoms with Crippen LogP contribution in [-0.4, -0.2) is 14.1 Å². The average molecular weight is 1220 g/mol. The number of imidazole rings is 1. The molecule has 0 N–H and O–H groups in total. The van der Waals surface area contributed by atoms with Crippen LogP contribution < -0.4 is 9.30 Å². The lowest BCUT2D eigenvalue weighted by atomic mass is 9.83. The molecule has 94 heavy (non-hydrogen) atoms. The van der Waals surface area contributed by atoms with E-state index in [2.05, 4.69) is 55.9 Å². The Morgan fingerprint density at radius 2 is 1.04 bits per heavy atom. The molecule has 6 heteroatoms. The summed E-state index contributed by atoms with van der Waals surface area (Å²) in [5, 5.41) is 3.66. The predicted molar refractivity (Wildman–Crippen MR) is 385 cm³/mol. The van der Waals surface area contributed by atoms with Crippen LogP contribution in [0.3, 0.4) is 0 Å². The van der Waals surface area contributed by atoms with Crippen LogP contribution in [0, 0.1) is 6.33 Å². The zero-order valence-corrected chi connectivity index (χ0v) is 50.7. The van der Waals surface area contributed by atoms with Crippen molar-refractivity contribution in [3.05, 3.63) is 321 Å². The molecule has 0 bridgehead atoms. The highest BCUT2D eigenvalue weighted by Gasteiger charge is 2.30. The number of hydrogen-bond donors (Lipinski definition) is 0. The molecule has 6 nitrogen and oxygen atoms in total. The summed E-state index contributed by atoms with van der Waals surface area (Å²) in [5.74, 6) is 1.59. The second-order valence-corrected chi connectivity index (χ2v) is 24.2. The van der Waals surface area contributed by atoms with E-state index in [-0.39, 0.29) is 27.7 Å². The molecule has 1 aliphatic rings. The first kappa shape index (κ1) is 39.2. The molecule has 0 amide bonds. The van der Waals surface area contributed by atoms with Crippen LogP contribution in [0.25, 0.3) is 161 Å². The Labute approximate surface area is 570 Å². The number of hydrogen-bond acceptors (Lipinski definition) is 3. The maximum absolute atomic E-state index is 10.5. The highest BCUT2D eigenvalue weighted by Crippen LogP contribution is 2.50. The number of ether oxygens (including phenoxy) is 1. The third-order valence-corrected chi connectivity index (χ3v) is 17.6. The van der Waals surface area contributed by atoms with E-state index >= 15 is 0 Å². The summed E-state index contributed by atoms with van der Waals surface area (Å²) < 4.78 is 187. The molecule has 0 fully saturated rings. The van der Waals surface area contributed by atoms with Crippen LogP contribution in [0.1, 0.15) is 51.0 Å². The lowest BCUT2D eigenvalue weighted by Crippen LogP contribution is -2.32. The summed E-state index contributed by atoms with van der Waals surface area (Å²) >= 11 is 0. The van der Waals surface area contributed by atoms with Gasteiger partial charge >= 0.3 is 0 Å². The van der Waals surface area contributed by atoms with Crippen molar-refractivity contribution in [2.45, 2.75) is 26.2 Å². The normalized spacial score (nSPS) is 14.7. The van der Waals surface area contributed by atoms with Gasteiger partial charge in [-0.2, -0.15) is 0 Å². The van der Waals surface area contributed by atoms with E-state index in [9.17, 15) is 12.3 Å². The third-order valence-electron chi connectivity index (χ3n) is 17.6. The van der Waals surface area contributed by atoms with E-state index < -0.39 is 131 Å². The highest BCUT2D eigenvalue weighted by atomic mass is 16.5. The quantitative estimate of drug-likeness (QED) is 0.107. The summed E-state index contributed by atoms with van der Waals surface area (Å²) in [5.41, 5.74) is 7.46. The first-order valence-corrected chi connectivity index (χ1v) is 30.7. The number of pyridine rings is 1. The fourth-order valence-electron chi connectivity index (χ4n) is 13.4. The fraction of sp³-hybridized carbons (Fsp3) is 0.0455. The number of fused-ring (bicyclic) bond motifs is 13. The monoisotopic (exact) mass is 1220 g/mol. The second kappa shape index (κ2) is 21.8. The number of furan rings is 1. The fourth-order valence-corrected chi connectivity index (χ4v) is 13.4. The van der Waals surface area contributed by atoms with Crippen molar-refractivity contribution in [2.24, 2.45) is 0 Å². The molecule has 17 aromatic rings. The van der Waals surface area contributed by atoms with Gasteiger partial charge in [-0.25, -0.2) is 4.98 Å². The van der Waals surface area contributed by atoms with Crippen molar-refractivity contribution in [3.8, 4) is 118 Å². The van der Waals surface area contributed by atoms with E-state index in [0.29, 0.717) is 84.0 Å². The molecule has 0 saturated carbocycles. The van der Waals surface area contributed by atoms with Crippen LogP contribution in [0.2, 0.25) is 0 Å². The van der Waals surface area contributed by atoms with Gasteiger partial charge in [0.05, 0.1) is 58.1 Å². The minimum absolute atomic E-state index is 0.0252. The Hall–Kier alpha value is -12.1. The smallest absolute Gasteiger partial charge is 0.269 e. The zero-order chi connectivity index (χ0) is 78.3. The average Bonchev–Trinajstić information content (AvgIpc) is 1.54. The van der Waals surface area contributed by atoms with Crippen LogP contribution in [0.4, 0.5) is 0 Å². The number of aromatic nitrogens is 4. The predicted octanol–water partition coefficient (Wildman–Crippen LogP) is 22.8. The van der Waals surface area contributed by atoms with Crippen molar-refractivity contribution in [1.82, 2.24) is 14.1 Å². The van der Waals surface area contributed by atoms with Crippen molar-refractivity contribution >= 4 is 54.8 Å². The van der Waals surface area contributed by atoms with Crippen LogP contribution in [-0.2, 0) is 5.41 Å². The molecule has 18 rings (SSSR count). The van der Waals surface area contributed by atoms with Crippen LogP contribution >= 0.6 is 0 Å². The molecule has 0 atom stereocenters. The summed E-state index contributed by atoms with van der Waals surface area (Å²) in [6.07, 6.45) is 5.65. The lowest BCUT2D eigenvalue weighted by Gasteiger charge is -2.21. The van der Waals surface area contributed by atoms with E-state index in [1.807, 2.05) is 150 Å². The summed E-state index contributed by atoms with van der Waals surface area (Å²) in [6, 6.07) is 48.3. The minimum atomic E-state index is -0.825. The molecule has 4 aromatic heterocycles. The summed E-state index contributed by atoms with van der Waals surface area (Å²) in [7, 11) is 0. The molecule has 1 aliphatic heterocycles. The first-order valence-electron chi connectivity index (χ1n) is 39.7. The molecule has 0 spiro atoms. The number of para-hydroxylation sites is 3. The molecule has 0 saturated heterocycles. The maximum atomic E-state index is 10.5. The zero-order valence-electron chi connectivity index (χ0n) is 68.7. The lowest BCUT2D eigenvalue weighted by molar-refractivity contribution is -0.570. The molecule has 0 aliphatic carbocycles.